The predicted molar refractivity (Wildman–Crippen MR) is 63.2 cm³/mol. The number of nitrogens with two attached hydrogens (primary N) is 2. The van der Waals surface area contributed by atoms with Gasteiger partial charge < -0.3 is 23.1 Å². The van der Waals surface area contributed by atoms with Gasteiger partial charge in [0.05, 0.1) is 0 Å². The van der Waals surface area contributed by atoms with Gasteiger partial charge >= 0.3 is 42.4 Å². The molecule has 1 saturated carbocycles. The molecule has 0 aromatic rings. The van der Waals surface area contributed by atoms with E-state index in [1.807, 2.05) is 0 Å². The predicted octanol–water partition coefficient (Wildman–Crippen LogP) is 3.30. The van der Waals surface area contributed by atoms with Crippen molar-refractivity contribution >= 4 is 39.9 Å². The van der Waals surface area contributed by atoms with Crippen molar-refractivity contribution in [1.29, 1.82) is 0 Å². The first-order valence-electron chi connectivity index (χ1n) is 3.94. The average Bonchev–Trinajstić information content (AvgIpc) is 2.13. The molecular weight excluding hydrogens is 449 g/mol. The van der Waals surface area contributed by atoms with E-state index in [-0.39, 0.29) is 12.1 Å². The standard InChI is InChI=1S/C6H14N2.CH2Cl.3ClH.Pt/c7-5-3-1-2-4-6(5)8;1-2;;;;/h5-6H,1-4,7-8H2;1H2;3*1H;/q;-1;;;;+3/p-3/t5-,6-;;;;;/m1...../s1. The van der Waals surface area contributed by atoms with Crippen molar-refractivity contribution in [1.82, 2.24) is 0 Å². The molecule has 0 bridgehead atoms. The van der Waals surface area contributed by atoms with E-state index < -0.39 is 14.2 Å². The third-order valence-electron chi connectivity index (χ3n) is 1.87. The SMILES string of the molecule is N[C@@H]1CCCC[C@H]1N.[CH2-]Cl.[Cl][Pt]([Cl])[Cl]. The van der Waals surface area contributed by atoms with E-state index in [2.05, 4.69) is 18.0 Å². The van der Waals surface area contributed by atoms with Crippen LogP contribution in [0.25, 0.3) is 0 Å². The van der Waals surface area contributed by atoms with Gasteiger partial charge in [-0.15, -0.1) is 0 Å². The molecule has 0 spiro atoms. The summed E-state index contributed by atoms with van der Waals surface area (Å²) in [5, 5.41) is 0. The summed E-state index contributed by atoms with van der Waals surface area (Å²) in [6.45, 7) is 0. The van der Waals surface area contributed by atoms with Gasteiger partial charge in [-0.2, -0.15) is 0 Å². The summed E-state index contributed by atoms with van der Waals surface area (Å²) < 4.78 is 0. The van der Waals surface area contributed by atoms with Gasteiger partial charge in [-0.3, -0.25) is 6.38 Å². The van der Waals surface area contributed by atoms with E-state index in [4.69, 9.17) is 39.7 Å². The second kappa shape index (κ2) is 12.8. The van der Waals surface area contributed by atoms with Gasteiger partial charge in [0.2, 0.25) is 0 Å². The van der Waals surface area contributed by atoms with Gasteiger partial charge in [-0.05, 0) is 12.8 Å². The van der Waals surface area contributed by atoms with E-state index in [0.29, 0.717) is 0 Å². The molecule has 0 radical (unpaired) electrons. The van der Waals surface area contributed by atoms with Crippen LogP contribution >= 0.6 is 39.9 Å². The summed E-state index contributed by atoms with van der Waals surface area (Å²) in [7, 11) is 14.9. The molecule has 1 aliphatic rings. The van der Waals surface area contributed by atoms with Gasteiger partial charge in [-0.1, -0.05) is 12.8 Å². The summed E-state index contributed by atoms with van der Waals surface area (Å²) in [5.41, 5.74) is 11.3. The summed E-state index contributed by atoms with van der Waals surface area (Å²) in [6.07, 6.45) is 7.52. The third-order valence-corrected chi connectivity index (χ3v) is 1.87. The van der Waals surface area contributed by atoms with Gasteiger partial charge in [0, 0.05) is 12.1 Å². The zero-order valence-electron chi connectivity index (χ0n) is 7.67. The van der Waals surface area contributed by atoms with E-state index in [1.54, 1.807) is 0 Å². The molecule has 0 aromatic heterocycles. The second-order valence-electron chi connectivity index (χ2n) is 2.75. The summed E-state index contributed by atoms with van der Waals surface area (Å²) in [6, 6.07) is 0.562. The zero-order valence-corrected chi connectivity index (χ0v) is 13.0. The molecule has 0 saturated heterocycles. The fraction of sp³-hybridized carbons (Fsp3) is 0.857. The van der Waals surface area contributed by atoms with Crippen LogP contribution in [-0.4, -0.2) is 12.1 Å². The molecule has 0 aliphatic heterocycles. The Morgan fingerprint density at radius 2 is 1.14 bits per heavy atom. The van der Waals surface area contributed by atoms with Crippen molar-refractivity contribution in [3.05, 3.63) is 6.38 Å². The molecule has 1 rings (SSSR count). The quantitative estimate of drug-likeness (QED) is 0.540. The Morgan fingerprint density at radius 3 is 1.29 bits per heavy atom. The molecule has 0 heterocycles. The fourth-order valence-electron chi connectivity index (χ4n) is 1.19. The van der Waals surface area contributed by atoms with Crippen molar-refractivity contribution < 1.29 is 14.2 Å². The van der Waals surface area contributed by atoms with Crippen LogP contribution < -0.4 is 11.5 Å². The Balaban J connectivity index is 0. The molecule has 2 nitrogen and oxygen atoms in total. The fourth-order valence-corrected chi connectivity index (χ4v) is 1.19. The summed E-state index contributed by atoms with van der Waals surface area (Å²) in [4.78, 5) is 0. The van der Waals surface area contributed by atoms with E-state index >= 15 is 0 Å². The Bertz CT molecular complexity index is 105. The Morgan fingerprint density at radius 1 is 0.929 bits per heavy atom. The van der Waals surface area contributed by atoms with Gasteiger partial charge in [0.25, 0.3) is 0 Å². The molecule has 4 N–H and O–H groups in total. The van der Waals surface area contributed by atoms with Gasteiger partial charge in [-0.25, -0.2) is 0 Å². The van der Waals surface area contributed by atoms with Crippen molar-refractivity contribution in [3.8, 4) is 0 Å². The van der Waals surface area contributed by atoms with Crippen LogP contribution in [0.15, 0.2) is 0 Å². The van der Waals surface area contributed by atoms with Crippen LogP contribution in [0.5, 0.6) is 0 Å². The molecule has 93 valence electrons. The van der Waals surface area contributed by atoms with Crippen LogP contribution in [0.3, 0.4) is 0 Å². The van der Waals surface area contributed by atoms with Crippen LogP contribution in [0, 0.1) is 6.38 Å². The molecule has 7 heteroatoms. The Hall–Kier alpha value is 1.77. The minimum atomic E-state index is -1.85. The van der Waals surface area contributed by atoms with Gasteiger partial charge in [0.1, 0.15) is 0 Å². The average molecular weight is 465 g/mol. The molecule has 0 amide bonds. The Labute approximate surface area is 109 Å². The number of halogens is 4. The van der Waals surface area contributed by atoms with Crippen molar-refractivity contribution in [3.63, 3.8) is 0 Å². The maximum absolute atomic E-state index is 5.65. The molecular formula is C7H16Cl4N2Pt-. The van der Waals surface area contributed by atoms with Crippen LogP contribution in [0.2, 0.25) is 0 Å². The molecule has 2 atom stereocenters. The topological polar surface area (TPSA) is 52.0 Å². The van der Waals surface area contributed by atoms with Crippen LogP contribution in [0.4, 0.5) is 0 Å². The normalized spacial score (nSPS) is 26.4. The Kier molecular flexibility index (Phi) is 16.6. The first-order valence-corrected chi connectivity index (χ1v) is 12.9. The molecule has 1 fully saturated rings. The third kappa shape index (κ3) is 13.8. The van der Waals surface area contributed by atoms with Crippen molar-refractivity contribution in [2.75, 3.05) is 0 Å². The number of rotatable bonds is 0. The molecule has 0 unspecified atom stereocenters. The van der Waals surface area contributed by atoms with Gasteiger partial charge in [0.15, 0.2) is 0 Å². The maximum atomic E-state index is 5.65. The second-order valence-corrected chi connectivity index (χ2v) is 12.6. The zero-order chi connectivity index (χ0) is 11.6. The summed E-state index contributed by atoms with van der Waals surface area (Å²) in [5.74, 6) is 0. The summed E-state index contributed by atoms with van der Waals surface area (Å²) >= 11 is 2.54. The van der Waals surface area contributed by atoms with Crippen molar-refractivity contribution in [2.24, 2.45) is 11.5 Å². The molecule has 0 aromatic carbocycles. The van der Waals surface area contributed by atoms with E-state index in [1.165, 1.54) is 12.8 Å². The first kappa shape index (κ1) is 18.1. The molecule has 1 aliphatic carbocycles. The van der Waals surface area contributed by atoms with Crippen LogP contribution in [0.1, 0.15) is 25.7 Å². The van der Waals surface area contributed by atoms with Crippen molar-refractivity contribution in [2.45, 2.75) is 37.8 Å². The minimum absolute atomic E-state index is 0.281. The van der Waals surface area contributed by atoms with E-state index in [0.717, 1.165) is 12.8 Å². The van der Waals surface area contributed by atoms with Crippen LogP contribution in [-0.2, 0) is 14.2 Å². The van der Waals surface area contributed by atoms with E-state index in [9.17, 15) is 0 Å². The molecule has 14 heavy (non-hydrogen) atoms. The number of hydrogen-bond acceptors (Lipinski definition) is 2. The number of hydrogen-bond donors (Lipinski definition) is 2. The first-order chi connectivity index (χ1) is 6.54. The monoisotopic (exact) mass is 463 g/mol.